The Morgan fingerprint density at radius 1 is 1.33 bits per heavy atom. The molecule has 4 N–H and O–H groups in total. The largest absolute Gasteiger partial charge is 0.481 e. The van der Waals surface area contributed by atoms with Crippen molar-refractivity contribution >= 4 is 19.5 Å². The molecule has 2 rings (SSSR count). The number of hydrogen-bond acceptors (Lipinski definition) is 5. The Kier molecular flexibility index (Phi) is 10.7. The first-order valence-corrected chi connectivity index (χ1v) is 9.36. The lowest BCUT2D eigenvalue weighted by molar-refractivity contribution is -0.142. The van der Waals surface area contributed by atoms with Gasteiger partial charge in [-0.15, -0.1) is 0 Å². The van der Waals surface area contributed by atoms with Gasteiger partial charge in [-0.3, -0.25) is 9.59 Å². The number of rotatable bonds is 9. The molecule has 0 saturated carbocycles. The maximum Gasteiger partial charge on any atom is 0.451 e. The zero-order valence-corrected chi connectivity index (χ0v) is 16.1. The standard InChI is InChI=1S/C10H15N.C9H16BNO5/c1-9(11-2)8-10-6-4-3-5-7-10;12-6-11-4-7(2-1-3-10(15)16)8(5-11)9(13)14/h3-7,9,11H,8H2,1-2H3;6-8,15-16H,1-5H2,(H,13,14). The minimum absolute atomic E-state index is 0.0820. The van der Waals surface area contributed by atoms with E-state index in [1.54, 1.807) is 0 Å². The van der Waals surface area contributed by atoms with Gasteiger partial charge < -0.3 is 25.4 Å². The van der Waals surface area contributed by atoms with Crippen LogP contribution in [0.1, 0.15) is 25.3 Å². The van der Waals surface area contributed by atoms with Gasteiger partial charge in [-0.1, -0.05) is 36.8 Å². The zero-order valence-electron chi connectivity index (χ0n) is 16.1. The van der Waals surface area contributed by atoms with E-state index < -0.39 is 19.0 Å². The van der Waals surface area contributed by atoms with Crippen molar-refractivity contribution in [1.82, 2.24) is 10.2 Å². The lowest BCUT2D eigenvalue weighted by Gasteiger charge is -2.13. The first kappa shape index (κ1) is 23.1. The highest BCUT2D eigenvalue weighted by Gasteiger charge is 2.36. The van der Waals surface area contributed by atoms with E-state index in [2.05, 4.69) is 36.5 Å². The van der Waals surface area contributed by atoms with Crippen LogP contribution in [0.25, 0.3) is 0 Å². The van der Waals surface area contributed by atoms with Gasteiger partial charge in [0.2, 0.25) is 6.41 Å². The van der Waals surface area contributed by atoms with E-state index >= 15 is 0 Å². The number of likely N-dealkylation sites (tertiary alicyclic amines) is 1. The quantitative estimate of drug-likeness (QED) is 0.375. The molecule has 1 saturated heterocycles. The number of amides is 1. The predicted molar refractivity (Wildman–Crippen MR) is 105 cm³/mol. The lowest BCUT2D eigenvalue weighted by atomic mass is 9.80. The second kappa shape index (κ2) is 12.5. The summed E-state index contributed by atoms with van der Waals surface area (Å²) in [7, 11) is 0.653. The van der Waals surface area contributed by atoms with E-state index in [-0.39, 0.29) is 18.8 Å². The molecule has 1 amide bonds. The van der Waals surface area contributed by atoms with Crippen LogP contribution < -0.4 is 5.32 Å². The molecule has 1 aromatic carbocycles. The van der Waals surface area contributed by atoms with Crippen LogP contribution in [-0.4, -0.2) is 65.7 Å². The minimum atomic E-state index is -1.34. The summed E-state index contributed by atoms with van der Waals surface area (Å²) >= 11 is 0. The second-order valence-electron chi connectivity index (χ2n) is 7.06. The van der Waals surface area contributed by atoms with Crippen molar-refractivity contribution in [2.75, 3.05) is 20.1 Å². The topological polar surface area (TPSA) is 110 Å². The Bertz CT molecular complexity index is 558. The number of carboxylic acids is 1. The van der Waals surface area contributed by atoms with E-state index in [1.165, 1.54) is 10.5 Å². The van der Waals surface area contributed by atoms with Crippen LogP contribution in [-0.2, 0) is 16.0 Å². The fourth-order valence-corrected chi connectivity index (χ4v) is 3.20. The van der Waals surface area contributed by atoms with Gasteiger partial charge in [0.25, 0.3) is 0 Å². The Balaban J connectivity index is 0.000000289. The Morgan fingerprint density at radius 2 is 2.00 bits per heavy atom. The third-order valence-corrected chi connectivity index (χ3v) is 4.85. The number of nitrogens with zero attached hydrogens (tertiary/aromatic N) is 1. The summed E-state index contributed by atoms with van der Waals surface area (Å²) in [5.74, 6) is -1.50. The highest BCUT2D eigenvalue weighted by molar-refractivity contribution is 6.40. The third kappa shape index (κ3) is 9.04. The van der Waals surface area contributed by atoms with Gasteiger partial charge in [-0.25, -0.2) is 0 Å². The molecule has 0 radical (unpaired) electrons. The average molecular weight is 378 g/mol. The van der Waals surface area contributed by atoms with Gasteiger partial charge in [0.15, 0.2) is 0 Å². The smallest absolute Gasteiger partial charge is 0.451 e. The van der Waals surface area contributed by atoms with E-state index in [4.69, 9.17) is 15.2 Å². The van der Waals surface area contributed by atoms with Crippen molar-refractivity contribution < 1.29 is 24.7 Å². The highest BCUT2D eigenvalue weighted by atomic mass is 16.4. The van der Waals surface area contributed by atoms with Crippen LogP contribution in [0.3, 0.4) is 0 Å². The molecule has 3 unspecified atom stereocenters. The summed E-state index contributed by atoms with van der Waals surface area (Å²) in [6, 6.07) is 11.1. The molecular formula is C19H31BN2O5. The normalized spacial score (nSPS) is 19.8. The maximum atomic E-state index is 10.9. The van der Waals surface area contributed by atoms with Gasteiger partial charge in [0, 0.05) is 19.1 Å². The third-order valence-electron chi connectivity index (χ3n) is 4.85. The molecule has 1 aliphatic rings. The highest BCUT2D eigenvalue weighted by Crippen LogP contribution is 2.27. The fraction of sp³-hybridized carbons (Fsp3) is 0.579. The number of carbonyl (C=O) groups is 2. The van der Waals surface area contributed by atoms with Crippen LogP contribution in [0, 0.1) is 11.8 Å². The van der Waals surface area contributed by atoms with Gasteiger partial charge in [-0.2, -0.15) is 0 Å². The van der Waals surface area contributed by atoms with E-state index in [0.29, 0.717) is 31.8 Å². The number of carboxylic acid groups (broad SMARTS) is 1. The number of likely N-dealkylation sites (N-methyl/N-ethyl adjacent to an activating group) is 1. The number of benzene rings is 1. The van der Waals surface area contributed by atoms with Crippen LogP contribution in [0.5, 0.6) is 0 Å². The number of carbonyl (C=O) groups excluding carboxylic acids is 1. The minimum Gasteiger partial charge on any atom is -0.481 e. The zero-order chi connectivity index (χ0) is 20.2. The Labute approximate surface area is 161 Å². The summed E-state index contributed by atoms with van der Waals surface area (Å²) in [4.78, 5) is 22.9. The molecule has 0 aromatic heterocycles. The van der Waals surface area contributed by atoms with Crippen molar-refractivity contribution in [2.24, 2.45) is 11.8 Å². The molecule has 1 aromatic rings. The Morgan fingerprint density at radius 3 is 2.52 bits per heavy atom. The van der Waals surface area contributed by atoms with Crippen molar-refractivity contribution in [1.29, 1.82) is 0 Å². The SMILES string of the molecule is CNC(C)Cc1ccccc1.O=CN1CC(CCCB(O)O)C(C(=O)O)C1. The fourth-order valence-electron chi connectivity index (χ4n) is 3.20. The Hall–Kier alpha value is -1.90. The molecule has 7 nitrogen and oxygen atoms in total. The van der Waals surface area contributed by atoms with Crippen LogP contribution >= 0.6 is 0 Å². The summed E-state index contributed by atoms with van der Waals surface area (Å²) in [6.45, 7) is 2.89. The molecular weight excluding hydrogens is 347 g/mol. The molecule has 0 aliphatic carbocycles. The lowest BCUT2D eigenvalue weighted by Crippen LogP contribution is -2.23. The molecule has 8 heteroatoms. The number of aliphatic carboxylic acids is 1. The monoisotopic (exact) mass is 378 g/mol. The first-order valence-electron chi connectivity index (χ1n) is 9.36. The molecule has 0 bridgehead atoms. The van der Waals surface area contributed by atoms with Crippen molar-refractivity contribution in [3.05, 3.63) is 35.9 Å². The molecule has 1 aliphatic heterocycles. The summed E-state index contributed by atoms with van der Waals surface area (Å²) in [5.41, 5.74) is 1.40. The average Bonchev–Trinajstić information content (AvgIpc) is 3.06. The predicted octanol–water partition coefficient (Wildman–Crippen LogP) is 0.865. The van der Waals surface area contributed by atoms with Gasteiger partial charge in [-0.05, 0) is 44.6 Å². The van der Waals surface area contributed by atoms with Crippen LogP contribution in [0.2, 0.25) is 6.32 Å². The molecule has 0 spiro atoms. The number of nitrogens with one attached hydrogen (secondary N) is 1. The molecule has 3 atom stereocenters. The van der Waals surface area contributed by atoms with Crippen molar-refractivity contribution in [3.8, 4) is 0 Å². The van der Waals surface area contributed by atoms with Crippen LogP contribution in [0.15, 0.2) is 30.3 Å². The van der Waals surface area contributed by atoms with Crippen LogP contribution in [0.4, 0.5) is 0 Å². The van der Waals surface area contributed by atoms with E-state index in [1.807, 2.05) is 13.1 Å². The van der Waals surface area contributed by atoms with Gasteiger partial charge >= 0.3 is 13.1 Å². The van der Waals surface area contributed by atoms with E-state index in [0.717, 1.165) is 6.42 Å². The van der Waals surface area contributed by atoms with E-state index in [9.17, 15) is 9.59 Å². The number of hydrogen-bond donors (Lipinski definition) is 4. The van der Waals surface area contributed by atoms with Gasteiger partial charge in [0.05, 0.1) is 5.92 Å². The summed E-state index contributed by atoms with van der Waals surface area (Å²) in [5, 5.41) is 29.5. The summed E-state index contributed by atoms with van der Waals surface area (Å²) < 4.78 is 0. The molecule has 1 heterocycles. The first-order chi connectivity index (χ1) is 12.9. The van der Waals surface area contributed by atoms with Gasteiger partial charge in [0.1, 0.15) is 0 Å². The van der Waals surface area contributed by atoms with Crippen molar-refractivity contribution in [2.45, 2.75) is 38.5 Å². The molecule has 27 heavy (non-hydrogen) atoms. The molecule has 1 fully saturated rings. The second-order valence-corrected chi connectivity index (χ2v) is 7.06. The summed E-state index contributed by atoms with van der Waals surface area (Å²) in [6.07, 6.45) is 3.16. The maximum absolute atomic E-state index is 10.9. The molecule has 150 valence electrons. The van der Waals surface area contributed by atoms with Crippen molar-refractivity contribution in [3.63, 3.8) is 0 Å².